The molecule has 0 atom stereocenters. The Labute approximate surface area is 86.0 Å². The van der Waals surface area contributed by atoms with Crippen molar-refractivity contribution in [3.05, 3.63) is 21.4 Å². The Morgan fingerprint density at radius 3 is 2.31 bits per heavy atom. The van der Waals surface area contributed by atoms with E-state index in [1.165, 1.54) is 24.1 Å². The maximum Gasteiger partial charge on any atom is 0.0111 e. The monoisotopic (exact) mass is 196 g/mol. The molecule has 0 unspecified atom stereocenters. The molecule has 13 heavy (non-hydrogen) atoms. The van der Waals surface area contributed by atoms with E-state index in [1.807, 2.05) is 11.3 Å². The normalized spacial score (nSPS) is 11.2. The fraction of sp³-hybridized carbons (Fsp3) is 0.667. The number of thiophene rings is 1. The Balaban J connectivity index is 2.96. The van der Waals surface area contributed by atoms with Crippen LogP contribution in [-0.4, -0.2) is 0 Å². The molecule has 1 rings (SSSR count). The number of aryl methyl sites for hydroxylation is 2. The Morgan fingerprint density at radius 2 is 1.85 bits per heavy atom. The van der Waals surface area contributed by atoms with Crippen LogP contribution in [0.15, 0.2) is 6.07 Å². The second-order valence-corrected chi connectivity index (χ2v) is 4.90. The standard InChI is InChI=1S/C12H20S/c1-5-10(6-2)12-11(7-3)8-9(4)13-12/h8,10H,5-7H2,1-4H3. The molecule has 0 nitrogen and oxygen atoms in total. The van der Waals surface area contributed by atoms with Crippen molar-refractivity contribution < 1.29 is 0 Å². The van der Waals surface area contributed by atoms with Gasteiger partial charge in [0.2, 0.25) is 0 Å². The molecule has 1 aromatic heterocycles. The predicted molar refractivity (Wildman–Crippen MR) is 61.8 cm³/mol. The van der Waals surface area contributed by atoms with Crippen molar-refractivity contribution in [3.8, 4) is 0 Å². The fourth-order valence-corrected chi connectivity index (χ4v) is 3.25. The lowest BCUT2D eigenvalue weighted by atomic mass is 9.97. The third kappa shape index (κ3) is 2.34. The third-order valence-corrected chi connectivity index (χ3v) is 3.96. The van der Waals surface area contributed by atoms with Crippen LogP contribution in [0.2, 0.25) is 0 Å². The summed E-state index contributed by atoms with van der Waals surface area (Å²) in [5.41, 5.74) is 1.58. The molecule has 0 saturated carbocycles. The minimum Gasteiger partial charge on any atom is -0.145 e. The average molecular weight is 196 g/mol. The van der Waals surface area contributed by atoms with Gasteiger partial charge in [0.25, 0.3) is 0 Å². The molecule has 1 aromatic rings. The van der Waals surface area contributed by atoms with Crippen molar-refractivity contribution in [2.24, 2.45) is 0 Å². The van der Waals surface area contributed by atoms with Crippen LogP contribution in [0, 0.1) is 6.92 Å². The molecule has 0 spiro atoms. The molecule has 0 N–H and O–H groups in total. The number of hydrogen-bond donors (Lipinski definition) is 0. The molecule has 1 heteroatoms. The highest BCUT2D eigenvalue weighted by Gasteiger charge is 2.13. The van der Waals surface area contributed by atoms with Gasteiger partial charge in [0.1, 0.15) is 0 Å². The van der Waals surface area contributed by atoms with Crippen molar-refractivity contribution in [1.29, 1.82) is 0 Å². The zero-order valence-electron chi connectivity index (χ0n) is 9.18. The van der Waals surface area contributed by atoms with Gasteiger partial charge in [0.15, 0.2) is 0 Å². The molecule has 1 heterocycles. The summed E-state index contributed by atoms with van der Waals surface area (Å²) in [4.78, 5) is 3.11. The van der Waals surface area contributed by atoms with Gasteiger partial charge in [-0.05, 0) is 43.7 Å². The summed E-state index contributed by atoms with van der Waals surface area (Å²) in [5.74, 6) is 0.800. The van der Waals surface area contributed by atoms with Crippen LogP contribution in [0.3, 0.4) is 0 Å². The van der Waals surface area contributed by atoms with Crippen LogP contribution in [-0.2, 0) is 6.42 Å². The van der Waals surface area contributed by atoms with E-state index in [9.17, 15) is 0 Å². The van der Waals surface area contributed by atoms with E-state index in [2.05, 4.69) is 33.8 Å². The van der Waals surface area contributed by atoms with Gasteiger partial charge in [-0.15, -0.1) is 11.3 Å². The summed E-state index contributed by atoms with van der Waals surface area (Å²) in [5, 5.41) is 0. The highest BCUT2D eigenvalue weighted by molar-refractivity contribution is 7.12. The molecule has 0 fully saturated rings. The molecule has 0 aliphatic carbocycles. The van der Waals surface area contributed by atoms with Gasteiger partial charge in [-0.2, -0.15) is 0 Å². The summed E-state index contributed by atoms with van der Waals surface area (Å²) >= 11 is 2.00. The zero-order chi connectivity index (χ0) is 9.84. The average Bonchev–Trinajstić information content (AvgIpc) is 2.49. The minimum atomic E-state index is 0.800. The topological polar surface area (TPSA) is 0 Å². The van der Waals surface area contributed by atoms with Crippen LogP contribution in [0.4, 0.5) is 0 Å². The van der Waals surface area contributed by atoms with E-state index in [4.69, 9.17) is 0 Å². The fourth-order valence-electron chi connectivity index (χ4n) is 1.87. The first-order valence-electron chi connectivity index (χ1n) is 5.32. The third-order valence-electron chi connectivity index (χ3n) is 2.70. The highest BCUT2D eigenvalue weighted by atomic mass is 32.1. The second kappa shape index (κ2) is 4.80. The lowest BCUT2D eigenvalue weighted by Gasteiger charge is -2.11. The first kappa shape index (κ1) is 10.8. The number of hydrogen-bond acceptors (Lipinski definition) is 1. The zero-order valence-corrected chi connectivity index (χ0v) is 10.0. The predicted octanol–water partition coefficient (Wildman–Crippen LogP) is 4.52. The molecule has 0 amide bonds. The van der Waals surface area contributed by atoms with Crippen LogP contribution in [0.25, 0.3) is 0 Å². The van der Waals surface area contributed by atoms with E-state index in [0.29, 0.717) is 0 Å². The lowest BCUT2D eigenvalue weighted by molar-refractivity contribution is 0.647. The smallest absolute Gasteiger partial charge is 0.0111 e. The molecular weight excluding hydrogens is 176 g/mol. The molecule has 74 valence electrons. The summed E-state index contributed by atoms with van der Waals surface area (Å²) in [6.45, 7) is 9.06. The van der Waals surface area contributed by atoms with Gasteiger partial charge in [-0.1, -0.05) is 20.8 Å². The maximum atomic E-state index is 2.36. The molecule has 0 aliphatic rings. The van der Waals surface area contributed by atoms with E-state index < -0.39 is 0 Å². The Hall–Kier alpha value is -0.300. The summed E-state index contributed by atoms with van der Waals surface area (Å²) < 4.78 is 0. The molecule has 0 radical (unpaired) electrons. The molecule has 0 saturated heterocycles. The molecule has 0 bridgehead atoms. The van der Waals surface area contributed by atoms with Crippen LogP contribution < -0.4 is 0 Å². The van der Waals surface area contributed by atoms with E-state index >= 15 is 0 Å². The molecule has 0 aliphatic heterocycles. The van der Waals surface area contributed by atoms with Crippen molar-refractivity contribution in [2.45, 2.75) is 52.9 Å². The van der Waals surface area contributed by atoms with Crippen molar-refractivity contribution in [3.63, 3.8) is 0 Å². The summed E-state index contributed by atoms with van der Waals surface area (Å²) in [6.07, 6.45) is 3.75. The maximum absolute atomic E-state index is 2.36. The van der Waals surface area contributed by atoms with Crippen LogP contribution >= 0.6 is 11.3 Å². The minimum absolute atomic E-state index is 0.800. The van der Waals surface area contributed by atoms with Gasteiger partial charge in [-0.25, -0.2) is 0 Å². The second-order valence-electron chi connectivity index (χ2n) is 3.61. The van der Waals surface area contributed by atoms with E-state index in [0.717, 1.165) is 5.92 Å². The van der Waals surface area contributed by atoms with E-state index in [-0.39, 0.29) is 0 Å². The summed E-state index contributed by atoms with van der Waals surface area (Å²) in [6, 6.07) is 2.36. The SMILES string of the molecule is CCc1cc(C)sc1C(CC)CC. The largest absolute Gasteiger partial charge is 0.145 e. The van der Waals surface area contributed by atoms with Crippen LogP contribution in [0.5, 0.6) is 0 Å². The first-order chi connectivity index (χ1) is 6.22. The molecular formula is C12H20S. The quantitative estimate of drug-likeness (QED) is 0.664. The highest BCUT2D eigenvalue weighted by Crippen LogP contribution is 2.33. The van der Waals surface area contributed by atoms with Gasteiger partial charge in [-0.3, -0.25) is 0 Å². The van der Waals surface area contributed by atoms with Crippen LogP contribution in [0.1, 0.15) is 54.8 Å². The summed E-state index contributed by atoms with van der Waals surface area (Å²) in [7, 11) is 0. The Kier molecular flexibility index (Phi) is 3.98. The Bertz CT molecular complexity index is 256. The van der Waals surface area contributed by atoms with E-state index in [1.54, 1.807) is 10.4 Å². The van der Waals surface area contributed by atoms with Gasteiger partial charge in [0, 0.05) is 9.75 Å². The van der Waals surface area contributed by atoms with Crippen molar-refractivity contribution in [1.82, 2.24) is 0 Å². The van der Waals surface area contributed by atoms with Gasteiger partial charge in [0.05, 0.1) is 0 Å². The van der Waals surface area contributed by atoms with Gasteiger partial charge >= 0.3 is 0 Å². The number of rotatable bonds is 4. The Morgan fingerprint density at radius 1 is 1.23 bits per heavy atom. The first-order valence-corrected chi connectivity index (χ1v) is 6.13. The van der Waals surface area contributed by atoms with Crippen molar-refractivity contribution >= 4 is 11.3 Å². The lowest BCUT2D eigenvalue weighted by Crippen LogP contribution is -1.95. The molecule has 0 aromatic carbocycles. The van der Waals surface area contributed by atoms with Crippen molar-refractivity contribution in [2.75, 3.05) is 0 Å². The van der Waals surface area contributed by atoms with Gasteiger partial charge < -0.3 is 0 Å².